The van der Waals surface area contributed by atoms with Crippen molar-refractivity contribution in [1.82, 2.24) is 0 Å². The lowest BCUT2D eigenvalue weighted by atomic mass is 9.45. The van der Waals surface area contributed by atoms with Crippen molar-refractivity contribution in [2.24, 2.45) is 22.7 Å². The first-order chi connectivity index (χ1) is 14.4. The molecule has 31 heavy (non-hydrogen) atoms. The lowest BCUT2D eigenvalue weighted by Crippen LogP contribution is -2.69. The first-order valence-electron chi connectivity index (χ1n) is 10.8. The summed E-state index contributed by atoms with van der Waals surface area (Å²) >= 11 is 4.08. The third kappa shape index (κ3) is 2.56. The van der Waals surface area contributed by atoms with Crippen molar-refractivity contribution in [2.75, 3.05) is 0 Å². The Morgan fingerprint density at radius 3 is 2.65 bits per heavy atom. The van der Waals surface area contributed by atoms with Crippen LogP contribution in [0.1, 0.15) is 52.9 Å². The standard InChI is InChI=1S/C24H29FO5S/c1-5-19(28)30-24(20(29)31)13(2)10-17-16-7-6-14-11-15(26)8-9-21(14,3)23(16,25)18(27)12-22(17,24)4/h8-9,11,16-18,27H,2,5-7,10,12H2,1,3-4H3,(H,29,31)/t16-,17-,18-,21-,22-,23-,24-/m0/s1. The summed E-state index contributed by atoms with van der Waals surface area (Å²) in [6.07, 6.45) is 4.23. The van der Waals surface area contributed by atoms with Crippen LogP contribution in [0.4, 0.5) is 4.39 Å². The number of aliphatic hydroxyl groups is 1. The zero-order chi connectivity index (χ0) is 23.0. The van der Waals surface area contributed by atoms with Crippen LogP contribution in [-0.4, -0.2) is 39.3 Å². The summed E-state index contributed by atoms with van der Waals surface area (Å²) in [4.78, 5) is 37.1. The number of halogens is 1. The molecular formula is C24H29FO5S. The smallest absolute Gasteiger partial charge is 0.306 e. The Kier molecular flexibility index (Phi) is 4.99. The van der Waals surface area contributed by atoms with Gasteiger partial charge in [0.15, 0.2) is 11.5 Å². The summed E-state index contributed by atoms with van der Waals surface area (Å²) in [7, 11) is 0. The largest absolute Gasteiger partial charge is 0.445 e. The molecule has 5 nitrogen and oxygen atoms in total. The van der Waals surface area contributed by atoms with Crippen molar-refractivity contribution in [1.29, 1.82) is 0 Å². The molecule has 1 N–H and O–H groups in total. The average Bonchev–Trinajstić information content (AvgIpc) is 2.91. The molecule has 0 saturated heterocycles. The van der Waals surface area contributed by atoms with Crippen LogP contribution in [0.3, 0.4) is 0 Å². The summed E-state index contributed by atoms with van der Waals surface area (Å²) in [6, 6.07) is 0. The van der Waals surface area contributed by atoms with Gasteiger partial charge in [0.2, 0.25) is 10.7 Å². The minimum Gasteiger partial charge on any atom is -0.445 e. The van der Waals surface area contributed by atoms with Crippen molar-refractivity contribution >= 4 is 29.5 Å². The Morgan fingerprint density at radius 2 is 2.03 bits per heavy atom. The van der Waals surface area contributed by atoms with Gasteiger partial charge >= 0.3 is 5.97 Å². The predicted octanol–water partition coefficient (Wildman–Crippen LogP) is 3.67. The van der Waals surface area contributed by atoms with Gasteiger partial charge in [-0.25, -0.2) is 4.39 Å². The van der Waals surface area contributed by atoms with E-state index in [9.17, 15) is 19.5 Å². The highest BCUT2D eigenvalue weighted by atomic mass is 32.1. The highest BCUT2D eigenvalue weighted by Gasteiger charge is 2.76. The number of hydrogen-bond donors (Lipinski definition) is 2. The molecule has 0 heterocycles. The molecule has 0 spiro atoms. The molecule has 4 rings (SSSR count). The summed E-state index contributed by atoms with van der Waals surface area (Å²) in [5, 5.41) is 10.7. The molecule has 168 valence electrons. The van der Waals surface area contributed by atoms with Crippen LogP contribution in [0.5, 0.6) is 0 Å². The fraction of sp³-hybridized carbons (Fsp3) is 0.625. The first kappa shape index (κ1) is 22.5. The van der Waals surface area contributed by atoms with E-state index >= 15 is 4.39 Å². The Labute approximate surface area is 187 Å². The summed E-state index contributed by atoms with van der Waals surface area (Å²) in [6.45, 7) is 9.20. The maximum absolute atomic E-state index is 17.1. The van der Waals surface area contributed by atoms with Gasteiger partial charge in [-0.2, -0.15) is 0 Å². The topological polar surface area (TPSA) is 80.7 Å². The molecule has 7 atom stereocenters. The number of esters is 1. The summed E-state index contributed by atoms with van der Waals surface area (Å²) in [5.74, 6) is -1.72. The van der Waals surface area contributed by atoms with Gasteiger partial charge in [0.25, 0.3) is 0 Å². The maximum atomic E-state index is 17.1. The number of fused-ring (bicyclic) bond motifs is 5. The Hall–Kier alpha value is -1.73. The van der Waals surface area contributed by atoms with Gasteiger partial charge < -0.3 is 9.84 Å². The number of alkyl halides is 1. The van der Waals surface area contributed by atoms with Gasteiger partial charge in [-0.15, -0.1) is 12.6 Å². The molecule has 0 aromatic rings. The monoisotopic (exact) mass is 448 g/mol. The van der Waals surface area contributed by atoms with Crippen LogP contribution in [0.15, 0.2) is 36.0 Å². The molecular weight excluding hydrogens is 419 g/mol. The predicted molar refractivity (Wildman–Crippen MR) is 116 cm³/mol. The maximum Gasteiger partial charge on any atom is 0.306 e. The van der Waals surface area contributed by atoms with E-state index in [1.165, 1.54) is 12.2 Å². The number of ether oxygens (including phenoxy) is 1. The molecule has 0 radical (unpaired) electrons. The van der Waals surface area contributed by atoms with Gasteiger partial charge in [-0.05, 0) is 56.3 Å². The SMILES string of the molecule is C=C1C[C@H]2[C@@H]3CCC4=CC(=O)C=C[C@]4(C)[C@@]3(F)[C@@H](O)C[C@]2(C)[C@@]1(OC(=O)CC)C(=O)S. The molecule has 0 aromatic carbocycles. The Balaban J connectivity index is 1.85. The van der Waals surface area contributed by atoms with E-state index in [0.717, 1.165) is 0 Å². The van der Waals surface area contributed by atoms with E-state index in [2.05, 4.69) is 19.2 Å². The number of thiol groups is 1. The van der Waals surface area contributed by atoms with Crippen LogP contribution in [0.25, 0.3) is 0 Å². The van der Waals surface area contributed by atoms with Crippen molar-refractivity contribution in [3.63, 3.8) is 0 Å². The summed E-state index contributed by atoms with van der Waals surface area (Å²) in [5.41, 5.74) is -4.80. The fourth-order valence-electron chi connectivity index (χ4n) is 7.03. The number of ketones is 1. The minimum atomic E-state index is -2.02. The van der Waals surface area contributed by atoms with Crippen LogP contribution >= 0.6 is 12.6 Å². The number of allylic oxidation sites excluding steroid dienone is 4. The van der Waals surface area contributed by atoms with E-state index < -0.39 is 45.2 Å². The molecule has 0 unspecified atom stereocenters. The zero-order valence-electron chi connectivity index (χ0n) is 18.1. The molecule has 3 fully saturated rings. The van der Waals surface area contributed by atoms with Gasteiger partial charge in [0.1, 0.15) is 0 Å². The normalized spacial score (nSPS) is 46.0. The molecule has 0 aliphatic heterocycles. The van der Waals surface area contributed by atoms with Crippen molar-refractivity contribution in [3.05, 3.63) is 36.0 Å². The van der Waals surface area contributed by atoms with Crippen molar-refractivity contribution < 1.29 is 28.6 Å². The molecule has 3 saturated carbocycles. The highest BCUT2D eigenvalue weighted by Crippen LogP contribution is 2.71. The number of aliphatic hydroxyl groups excluding tert-OH is 1. The van der Waals surface area contributed by atoms with Crippen molar-refractivity contribution in [3.8, 4) is 0 Å². The zero-order valence-corrected chi connectivity index (χ0v) is 19.0. The third-order valence-electron chi connectivity index (χ3n) is 8.66. The summed E-state index contributed by atoms with van der Waals surface area (Å²) < 4.78 is 22.8. The van der Waals surface area contributed by atoms with E-state index in [4.69, 9.17) is 4.74 Å². The lowest BCUT2D eigenvalue weighted by molar-refractivity contribution is -0.219. The quantitative estimate of drug-likeness (QED) is 0.391. The average molecular weight is 449 g/mol. The molecule has 0 amide bonds. The van der Waals surface area contributed by atoms with Crippen LogP contribution in [-0.2, 0) is 19.1 Å². The van der Waals surface area contributed by atoms with E-state index in [0.29, 0.717) is 30.4 Å². The van der Waals surface area contributed by atoms with Crippen molar-refractivity contribution in [2.45, 2.75) is 70.2 Å². The van der Waals surface area contributed by atoms with Gasteiger partial charge in [-0.3, -0.25) is 14.4 Å². The van der Waals surface area contributed by atoms with Crippen LogP contribution < -0.4 is 0 Å². The second-order valence-electron chi connectivity index (χ2n) is 9.89. The fourth-order valence-corrected chi connectivity index (χ4v) is 7.49. The number of carbonyl (C=O) groups excluding carboxylic acids is 3. The number of carbonyl (C=O) groups is 3. The van der Waals surface area contributed by atoms with E-state index in [1.54, 1.807) is 26.8 Å². The Bertz CT molecular complexity index is 956. The Morgan fingerprint density at radius 1 is 1.35 bits per heavy atom. The molecule has 0 aromatic heterocycles. The minimum absolute atomic E-state index is 0.0704. The van der Waals surface area contributed by atoms with Crippen LogP contribution in [0.2, 0.25) is 0 Å². The van der Waals surface area contributed by atoms with E-state index in [-0.39, 0.29) is 24.5 Å². The second kappa shape index (κ2) is 6.88. The number of rotatable bonds is 3. The molecule has 4 aliphatic carbocycles. The third-order valence-corrected chi connectivity index (χ3v) is 8.97. The molecule has 7 heteroatoms. The molecule has 0 bridgehead atoms. The number of hydrogen-bond acceptors (Lipinski definition) is 5. The lowest BCUT2D eigenvalue weighted by Gasteiger charge is -2.62. The second-order valence-corrected chi connectivity index (χ2v) is 10.3. The highest BCUT2D eigenvalue weighted by molar-refractivity contribution is 7.96. The molecule has 4 aliphatic rings. The first-order valence-corrected chi connectivity index (χ1v) is 11.3. The van der Waals surface area contributed by atoms with Gasteiger partial charge in [-0.1, -0.05) is 32.1 Å². The van der Waals surface area contributed by atoms with Gasteiger partial charge in [0, 0.05) is 23.2 Å². The van der Waals surface area contributed by atoms with Crippen LogP contribution in [0, 0.1) is 22.7 Å². The van der Waals surface area contributed by atoms with Gasteiger partial charge in [0.05, 0.1) is 6.10 Å². The van der Waals surface area contributed by atoms with E-state index in [1.807, 2.05) is 0 Å².